The van der Waals surface area contributed by atoms with E-state index in [1.807, 2.05) is 58.0 Å². The van der Waals surface area contributed by atoms with Gasteiger partial charge < -0.3 is 15.0 Å². The molecule has 2 amide bonds. The van der Waals surface area contributed by atoms with Crippen LogP contribution in [0.3, 0.4) is 0 Å². The molecule has 0 fully saturated rings. The lowest BCUT2D eigenvalue weighted by Crippen LogP contribution is -2.53. The van der Waals surface area contributed by atoms with Gasteiger partial charge in [0.25, 0.3) is 10.0 Å². The molecule has 3 aromatic carbocycles. The molecule has 3 rings (SSSR count). The number of benzene rings is 3. The van der Waals surface area contributed by atoms with Crippen LogP contribution in [-0.4, -0.2) is 50.9 Å². The number of carbonyl (C=O) groups is 2. The third-order valence-electron chi connectivity index (χ3n) is 6.89. The van der Waals surface area contributed by atoms with Gasteiger partial charge in [-0.3, -0.25) is 13.9 Å². The highest BCUT2D eigenvalue weighted by atomic mass is 79.9. The minimum absolute atomic E-state index is 0.00489. The van der Waals surface area contributed by atoms with Gasteiger partial charge in [-0.25, -0.2) is 8.42 Å². The summed E-state index contributed by atoms with van der Waals surface area (Å²) in [5, 5.41) is 2.98. The monoisotopic (exact) mass is 643 g/mol. The molecule has 0 heterocycles. The molecule has 1 N–H and O–H groups in total. The summed E-state index contributed by atoms with van der Waals surface area (Å²) in [6.07, 6.45) is 1.11. The van der Waals surface area contributed by atoms with Crippen molar-refractivity contribution in [2.45, 2.75) is 64.1 Å². The molecule has 10 heteroatoms. The van der Waals surface area contributed by atoms with Crippen LogP contribution in [-0.2, 0) is 26.2 Å². The molecule has 0 saturated carbocycles. The maximum atomic E-state index is 14.1. The van der Waals surface area contributed by atoms with Gasteiger partial charge in [0.1, 0.15) is 18.3 Å². The molecule has 2 atom stereocenters. The predicted octanol–water partition coefficient (Wildman–Crippen LogP) is 5.68. The van der Waals surface area contributed by atoms with Crippen LogP contribution < -0.4 is 14.4 Å². The van der Waals surface area contributed by atoms with Gasteiger partial charge in [-0.2, -0.15) is 0 Å². The van der Waals surface area contributed by atoms with Crippen LogP contribution >= 0.6 is 15.9 Å². The van der Waals surface area contributed by atoms with E-state index in [4.69, 9.17) is 4.74 Å². The number of aryl methyl sites for hydroxylation is 1. The van der Waals surface area contributed by atoms with Crippen molar-refractivity contribution >= 4 is 43.5 Å². The van der Waals surface area contributed by atoms with Crippen molar-refractivity contribution in [3.8, 4) is 5.75 Å². The Labute approximate surface area is 251 Å². The number of hydrogen-bond donors (Lipinski definition) is 1. The normalized spacial score (nSPS) is 12.7. The maximum absolute atomic E-state index is 14.1. The highest BCUT2D eigenvalue weighted by Crippen LogP contribution is 2.31. The average molecular weight is 645 g/mol. The average Bonchev–Trinajstić information content (AvgIpc) is 2.96. The number of carbonyl (C=O) groups excluding carboxylic acids is 2. The van der Waals surface area contributed by atoms with Crippen molar-refractivity contribution in [1.29, 1.82) is 0 Å². The summed E-state index contributed by atoms with van der Waals surface area (Å²) in [4.78, 5) is 28.9. The van der Waals surface area contributed by atoms with Gasteiger partial charge in [-0.05, 0) is 78.5 Å². The minimum atomic E-state index is -4.19. The lowest BCUT2D eigenvalue weighted by Gasteiger charge is -2.33. The van der Waals surface area contributed by atoms with Crippen molar-refractivity contribution in [3.63, 3.8) is 0 Å². The van der Waals surface area contributed by atoms with Crippen molar-refractivity contribution in [1.82, 2.24) is 10.2 Å². The van der Waals surface area contributed by atoms with Crippen LogP contribution in [0, 0.1) is 6.92 Å². The van der Waals surface area contributed by atoms with Gasteiger partial charge >= 0.3 is 0 Å². The zero-order chi connectivity index (χ0) is 30.2. The zero-order valence-corrected chi connectivity index (χ0v) is 26.5. The van der Waals surface area contributed by atoms with E-state index in [9.17, 15) is 18.0 Å². The Kier molecular flexibility index (Phi) is 11.4. The molecule has 0 saturated heterocycles. The van der Waals surface area contributed by atoms with Crippen molar-refractivity contribution in [2.24, 2.45) is 0 Å². The number of amides is 2. The third-order valence-corrected chi connectivity index (χ3v) is 9.28. The summed E-state index contributed by atoms with van der Waals surface area (Å²) in [6.45, 7) is 7.29. The van der Waals surface area contributed by atoms with E-state index in [-0.39, 0.29) is 23.4 Å². The first-order valence-corrected chi connectivity index (χ1v) is 15.8. The molecular formula is C31H38BrN3O5S. The lowest BCUT2D eigenvalue weighted by molar-refractivity contribution is -0.140. The summed E-state index contributed by atoms with van der Waals surface area (Å²) >= 11 is 3.37. The second-order valence-electron chi connectivity index (χ2n) is 9.89. The number of hydrogen-bond acceptors (Lipinski definition) is 5. The Morgan fingerprint density at radius 1 is 0.976 bits per heavy atom. The van der Waals surface area contributed by atoms with Gasteiger partial charge in [0.15, 0.2) is 0 Å². The van der Waals surface area contributed by atoms with Gasteiger partial charge in [0.2, 0.25) is 11.8 Å². The molecule has 0 aromatic heterocycles. The van der Waals surface area contributed by atoms with E-state index >= 15 is 0 Å². The van der Waals surface area contributed by atoms with Crippen LogP contribution in [0.5, 0.6) is 5.75 Å². The molecule has 41 heavy (non-hydrogen) atoms. The van der Waals surface area contributed by atoms with Crippen LogP contribution in [0.15, 0.2) is 82.2 Å². The van der Waals surface area contributed by atoms with Crippen molar-refractivity contribution in [2.75, 3.05) is 18.0 Å². The predicted molar refractivity (Wildman–Crippen MR) is 165 cm³/mol. The number of ether oxygens (including phenoxy) is 1. The van der Waals surface area contributed by atoms with Gasteiger partial charge in [0, 0.05) is 12.6 Å². The minimum Gasteiger partial charge on any atom is -0.496 e. The molecule has 2 unspecified atom stereocenters. The fraction of sp³-hybridized carbons (Fsp3) is 0.355. The van der Waals surface area contributed by atoms with Gasteiger partial charge in [-0.15, -0.1) is 0 Å². The van der Waals surface area contributed by atoms with Crippen LogP contribution in [0.1, 0.15) is 44.7 Å². The first-order valence-electron chi connectivity index (χ1n) is 13.6. The molecule has 0 aliphatic heterocycles. The number of nitrogens with one attached hydrogen (secondary N) is 1. The summed E-state index contributed by atoms with van der Waals surface area (Å²) < 4.78 is 34.9. The molecular weight excluding hydrogens is 606 g/mol. The summed E-state index contributed by atoms with van der Waals surface area (Å²) in [5.74, 6) is -0.277. The second kappa shape index (κ2) is 14.5. The van der Waals surface area contributed by atoms with Crippen molar-refractivity contribution in [3.05, 3.63) is 88.4 Å². The molecule has 0 radical (unpaired) electrons. The fourth-order valence-electron chi connectivity index (χ4n) is 4.32. The third kappa shape index (κ3) is 8.10. The van der Waals surface area contributed by atoms with Gasteiger partial charge in [0.05, 0.1) is 22.2 Å². The van der Waals surface area contributed by atoms with E-state index < -0.39 is 28.5 Å². The smallest absolute Gasteiger partial charge is 0.264 e. The summed E-state index contributed by atoms with van der Waals surface area (Å²) in [7, 11) is -2.70. The van der Waals surface area contributed by atoms with E-state index in [0.29, 0.717) is 22.3 Å². The number of nitrogens with zero attached hydrogens (tertiary/aromatic N) is 2. The molecule has 0 spiro atoms. The number of halogens is 1. The quantitative estimate of drug-likeness (QED) is 0.258. The van der Waals surface area contributed by atoms with E-state index in [0.717, 1.165) is 21.9 Å². The molecule has 3 aromatic rings. The van der Waals surface area contributed by atoms with Gasteiger partial charge in [-0.1, -0.05) is 61.9 Å². The number of methoxy groups -OCH3 is 1. The highest BCUT2D eigenvalue weighted by molar-refractivity contribution is 9.10. The van der Waals surface area contributed by atoms with E-state index in [2.05, 4.69) is 21.2 Å². The van der Waals surface area contributed by atoms with Crippen LogP contribution in [0.4, 0.5) is 5.69 Å². The topological polar surface area (TPSA) is 96.0 Å². The highest BCUT2D eigenvalue weighted by Gasteiger charge is 2.34. The molecule has 220 valence electrons. The Hall–Kier alpha value is -3.37. The summed E-state index contributed by atoms with van der Waals surface area (Å²) in [5.41, 5.74) is 2.12. The van der Waals surface area contributed by atoms with Crippen molar-refractivity contribution < 1.29 is 22.7 Å². The zero-order valence-electron chi connectivity index (χ0n) is 24.1. The molecule has 8 nitrogen and oxygen atoms in total. The van der Waals surface area contributed by atoms with Crippen LogP contribution in [0.2, 0.25) is 0 Å². The lowest BCUT2D eigenvalue weighted by atomic mass is 10.1. The SMILES string of the molecule is CCC(C)NC(=O)C(CC)N(Cc1ccccc1)C(=O)CN(c1ccc(C)cc1)S(=O)(=O)c1ccc(OC)c(Br)c1. The molecule has 0 aliphatic carbocycles. The van der Waals surface area contributed by atoms with E-state index in [1.54, 1.807) is 30.3 Å². The first kappa shape index (κ1) is 32.1. The Morgan fingerprint density at radius 2 is 1.63 bits per heavy atom. The summed E-state index contributed by atoms with van der Waals surface area (Å²) in [6, 6.07) is 19.9. The van der Waals surface area contributed by atoms with E-state index in [1.165, 1.54) is 24.1 Å². The Bertz CT molecular complexity index is 1430. The second-order valence-corrected chi connectivity index (χ2v) is 12.6. The number of sulfonamides is 1. The standard InChI is InChI=1S/C31H38BrN3O5S/c1-6-23(4)33-31(37)28(7-2)34(20-24-11-9-8-10-12-24)30(36)21-35(25-15-13-22(3)14-16-25)41(38,39)26-17-18-29(40-5)27(32)19-26/h8-19,23,28H,6-7,20-21H2,1-5H3,(H,33,37). The largest absolute Gasteiger partial charge is 0.496 e. The number of rotatable bonds is 13. The molecule has 0 aliphatic rings. The molecule has 0 bridgehead atoms. The Balaban J connectivity index is 2.06. The van der Waals surface area contributed by atoms with Crippen LogP contribution in [0.25, 0.3) is 0 Å². The Morgan fingerprint density at radius 3 is 2.20 bits per heavy atom. The first-order chi connectivity index (χ1) is 19.5. The number of anilines is 1. The fourth-order valence-corrected chi connectivity index (χ4v) is 6.45. The maximum Gasteiger partial charge on any atom is 0.264 e.